The molecule has 12 aromatic rings. The molecule has 2 heteroatoms. The van der Waals surface area contributed by atoms with Gasteiger partial charge in [0.2, 0.25) is 0 Å². The summed E-state index contributed by atoms with van der Waals surface area (Å²) < 4.78 is 2.49. The largest absolute Gasteiger partial charge is 0.310 e. The number of aromatic nitrogens is 1. The summed E-state index contributed by atoms with van der Waals surface area (Å²) in [7, 11) is 0. The van der Waals surface area contributed by atoms with Crippen LogP contribution in [0, 0.1) is 0 Å². The fourth-order valence-corrected chi connectivity index (χ4v) is 11.3. The first-order valence-corrected chi connectivity index (χ1v) is 23.8. The Bertz CT molecular complexity index is 3780. The van der Waals surface area contributed by atoms with E-state index in [0.29, 0.717) is 0 Å². The minimum Gasteiger partial charge on any atom is -0.310 e. The summed E-state index contributed by atoms with van der Waals surface area (Å²) in [6.07, 6.45) is 0. The Morgan fingerprint density at radius 3 is 1.48 bits per heavy atom. The Hall–Kier alpha value is -8.98. The molecule has 0 N–H and O–H groups in total. The molecule has 0 spiro atoms. The van der Waals surface area contributed by atoms with E-state index in [9.17, 15) is 0 Å². The number of nitrogens with zero attached hydrogens (tertiary/aromatic N) is 2. The van der Waals surface area contributed by atoms with Crippen LogP contribution in [0.25, 0.3) is 72.0 Å². The predicted octanol–water partition coefficient (Wildman–Crippen LogP) is 17.6. The van der Waals surface area contributed by atoms with Crippen LogP contribution in [-0.4, -0.2) is 4.57 Å². The van der Waals surface area contributed by atoms with Gasteiger partial charge < -0.3 is 9.47 Å². The highest BCUT2D eigenvalue weighted by molar-refractivity contribution is 6.11. The first kappa shape index (κ1) is 40.3. The minimum atomic E-state index is -0.502. The van der Waals surface area contributed by atoms with Crippen LogP contribution in [0.4, 0.5) is 17.1 Å². The van der Waals surface area contributed by atoms with Crippen LogP contribution in [0.5, 0.6) is 0 Å². The molecule has 0 saturated heterocycles. The second-order valence-corrected chi connectivity index (χ2v) is 18.0. The zero-order valence-corrected chi connectivity index (χ0v) is 38.0. The van der Waals surface area contributed by atoms with Crippen LogP contribution < -0.4 is 4.90 Å². The molecule has 13 rings (SSSR count). The van der Waals surface area contributed by atoms with Gasteiger partial charge in [-0.05, 0) is 116 Å². The summed E-state index contributed by atoms with van der Waals surface area (Å²) in [6, 6.07) is 102. The van der Waals surface area contributed by atoms with Gasteiger partial charge in [0.15, 0.2) is 0 Å². The molecule has 324 valence electrons. The molecule has 0 bridgehead atoms. The second-order valence-electron chi connectivity index (χ2n) is 18.0. The SMILES string of the molecule is c1ccc(-c2ccccc2-c2ccc(N(c3ccccc3)c3ccccc3-c3ccc4c5ccccc5n(-c5ccc6c(c5)C(c5ccccc5)(c5ccccc5)c5ccccc5-6)c4c3)cc2)cc1. The number of fused-ring (bicyclic) bond motifs is 6. The lowest BCUT2D eigenvalue weighted by atomic mass is 9.67. The normalized spacial score (nSPS) is 12.5. The van der Waals surface area contributed by atoms with E-state index in [2.05, 4.69) is 289 Å². The van der Waals surface area contributed by atoms with Gasteiger partial charge in [0.1, 0.15) is 0 Å². The van der Waals surface area contributed by atoms with E-state index in [-0.39, 0.29) is 0 Å². The zero-order valence-electron chi connectivity index (χ0n) is 38.0. The van der Waals surface area contributed by atoms with Crippen molar-refractivity contribution >= 4 is 38.9 Å². The molecule has 11 aromatic carbocycles. The van der Waals surface area contributed by atoms with Gasteiger partial charge in [-0.25, -0.2) is 0 Å². The van der Waals surface area contributed by atoms with E-state index in [0.717, 1.165) is 39.4 Å². The highest BCUT2D eigenvalue weighted by Gasteiger charge is 2.46. The van der Waals surface area contributed by atoms with Crippen molar-refractivity contribution in [2.45, 2.75) is 5.41 Å². The van der Waals surface area contributed by atoms with Gasteiger partial charge in [0, 0.05) is 33.4 Å². The maximum absolute atomic E-state index is 2.49. The van der Waals surface area contributed by atoms with Crippen LogP contribution >= 0.6 is 0 Å². The lowest BCUT2D eigenvalue weighted by molar-refractivity contribution is 0.767. The molecule has 1 aromatic heterocycles. The Kier molecular flexibility index (Phi) is 9.77. The lowest BCUT2D eigenvalue weighted by Gasteiger charge is -2.34. The summed E-state index contributed by atoms with van der Waals surface area (Å²) in [4.78, 5) is 2.40. The standard InChI is InChI=1S/C67H46N2/c1-5-21-47(22-6-1)55-29-13-14-30-56(55)48-37-40-53(41-38-48)68(52-27-11-4-12-28-52)64-35-19-16-31-57(64)49-39-43-61-60-33-17-20-36-65(60)69(66(61)45-49)54-42-44-59-58-32-15-18-34-62(58)67(63(59)46-54,50-23-7-2-8-24-50)51-25-9-3-10-26-51/h1-46H. The third-order valence-electron chi connectivity index (χ3n) is 14.3. The summed E-state index contributed by atoms with van der Waals surface area (Å²) in [5, 5.41) is 2.45. The summed E-state index contributed by atoms with van der Waals surface area (Å²) in [6.45, 7) is 0. The zero-order chi connectivity index (χ0) is 45.7. The van der Waals surface area contributed by atoms with Gasteiger partial charge in [-0.15, -0.1) is 0 Å². The summed E-state index contributed by atoms with van der Waals surface area (Å²) in [5.74, 6) is 0. The van der Waals surface area contributed by atoms with Crippen molar-refractivity contribution in [3.63, 3.8) is 0 Å². The van der Waals surface area contributed by atoms with Crippen molar-refractivity contribution < 1.29 is 0 Å². The number of rotatable bonds is 9. The van der Waals surface area contributed by atoms with Crippen LogP contribution in [0.1, 0.15) is 22.3 Å². The van der Waals surface area contributed by atoms with E-state index in [1.165, 1.54) is 71.9 Å². The Balaban J connectivity index is 0.977. The molecular formula is C67H46N2. The number of hydrogen-bond acceptors (Lipinski definition) is 1. The summed E-state index contributed by atoms with van der Waals surface area (Å²) >= 11 is 0. The van der Waals surface area contributed by atoms with Crippen molar-refractivity contribution in [3.8, 4) is 50.2 Å². The maximum Gasteiger partial charge on any atom is 0.0714 e. The van der Waals surface area contributed by atoms with Crippen LogP contribution in [0.3, 0.4) is 0 Å². The number of para-hydroxylation sites is 3. The molecule has 0 saturated carbocycles. The van der Waals surface area contributed by atoms with Gasteiger partial charge >= 0.3 is 0 Å². The predicted molar refractivity (Wildman–Crippen MR) is 289 cm³/mol. The van der Waals surface area contributed by atoms with Crippen molar-refractivity contribution in [1.82, 2.24) is 4.57 Å². The third kappa shape index (κ3) is 6.56. The average Bonchev–Trinajstić information content (AvgIpc) is 3.92. The van der Waals surface area contributed by atoms with Gasteiger partial charge in [-0.1, -0.05) is 224 Å². The number of hydrogen-bond donors (Lipinski definition) is 0. The molecule has 0 unspecified atom stereocenters. The monoisotopic (exact) mass is 878 g/mol. The fraction of sp³-hybridized carbons (Fsp3) is 0.0149. The quantitative estimate of drug-likeness (QED) is 0.140. The molecule has 1 heterocycles. The molecule has 0 aliphatic heterocycles. The highest BCUT2D eigenvalue weighted by atomic mass is 15.1. The van der Waals surface area contributed by atoms with Crippen LogP contribution in [0.2, 0.25) is 0 Å². The molecule has 0 fully saturated rings. The van der Waals surface area contributed by atoms with E-state index >= 15 is 0 Å². The maximum atomic E-state index is 2.49. The molecule has 0 radical (unpaired) electrons. The van der Waals surface area contributed by atoms with Crippen molar-refractivity contribution in [1.29, 1.82) is 0 Å². The Labute approximate surface area is 403 Å². The highest BCUT2D eigenvalue weighted by Crippen LogP contribution is 2.57. The van der Waals surface area contributed by atoms with E-state index in [1.807, 2.05) is 0 Å². The minimum absolute atomic E-state index is 0.502. The molecule has 69 heavy (non-hydrogen) atoms. The molecule has 0 amide bonds. The molecule has 0 atom stereocenters. The smallest absolute Gasteiger partial charge is 0.0714 e. The van der Waals surface area contributed by atoms with Crippen molar-refractivity contribution in [3.05, 3.63) is 301 Å². The third-order valence-corrected chi connectivity index (χ3v) is 14.3. The average molecular weight is 879 g/mol. The van der Waals surface area contributed by atoms with Crippen molar-refractivity contribution in [2.75, 3.05) is 4.90 Å². The fourth-order valence-electron chi connectivity index (χ4n) is 11.3. The first-order chi connectivity index (χ1) is 34.3. The Morgan fingerprint density at radius 2 is 0.783 bits per heavy atom. The second kappa shape index (κ2) is 16.7. The van der Waals surface area contributed by atoms with E-state index < -0.39 is 5.41 Å². The number of benzene rings is 11. The van der Waals surface area contributed by atoms with E-state index in [1.54, 1.807) is 0 Å². The topological polar surface area (TPSA) is 8.17 Å². The molecule has 1 aliphatic carbocycles. The Morgan fingerprint density at radius 1 is 0.290 bits per heavy atom. The van der Waals surface area contributed by atoms with Gasteiger partial charge in [-0.2, -0.15) is 0 Å². The first-order valence-electron chi connectivity index (χ1n) is 23.8. The van der Waals surface area contributed by atoms with Crippen molar-refractivity contribution in [2.24, 2.45) is 0 Å². The number of anilines is 3. The van der Waals surface area contributed by atoms with Gasteiger partial charge in [0.05, 0.1) is 22.1 Å². The molecule has 1 aliphatic rings. The van der Waals surface area contributed by atoms with Crippen LogP contribution in [0.15, 0.2) is 279 Å². The lowest BCUT2D eigenvalue weighted by Crippen LogP contribution is -2.28. The van der Waals surface area contributed by atoms with E-state index in [4.69, 9.17) is 0 Å². The molecule has 2 nitrogen and oxygen atoms in total. The van der Waals surface area contributed by atoms with Gasteiger partial charge in [0.25, 0.3) is 0 Å². The van der Waals surface area contributed by atoms with Crippen LogP contribution in [-0.2, 0) is 5.41 Å². The van der Waals surface area contributed by atoms with Gasteiger partial charge in [-0.3, -0.25) is 0 Å². The molecular weight excluding hydrogens is 833 g/mol. The summed E-state index contributed by atoms with van der Waals surface area (Å²) in [5.41, 5.74) is 21.1.